The van der Waals surface area contributed by atoms with Crippen LogP contribution in [0.2, 0.25) is 0 Å². The molecule has 88 valence electrons. The van der Waals surface area contributed by atoms with Gasteiger partial charge in [-0.25, -0.2) is 0 Å². The van der Waals surface area contributed by atoms with E-state index in [0.29, 0.717) is 0 Å². The van der Waals surface area contributed by atoms with Gasteiger partial charge in [-0.3, -0.25) is 0 Å². The van der Waals surface area contributed by atoms with Crippen molar-refractivity contribution in [2.75, 3.05) is 23.7 Å². The van der Waals surface area contributed by atoms with Crippen LogP contribution in [-0.4, -0.2) is 13.1 Å². The van der Waals surface area contributed by atoms with Crippen LogP contribution in [-0.2, 0) is 0 Å². The Labute approximate surface area is 103 Å². The summed E-state index contributed by atoms with van der Waals surface area (Å²) in [5.74, 6) is 0. The van der Waals surface area contributed by atoms with Gasteiger partial charge in [0.2, 0.25) is 0 Å². The number of hydrogen-bond acceptors (Lipinski definition) is 2. The van der Waals surface area contributed by atoms with Crippen LogP contribution in [0.4, 0.5) is 11.4 Å². The number of benzene rings is 2. The lowest BCUT2D eigenvalue weighted by molar-refractivity contribution is 1.08. The molecule has 2 nitrogen and oxygen atoms in total. The SMILES string of the molecule is Cc1ccc(NCCNc2ccccc2)cc1. The Bertz CT molecular complexity index is 434. The molecule has 2 aromatic rings. The quantitative estimate of drug-likeness (QED) is 0.762. The van der Waals surface area contributed by atoms with Gasteiger partial charge in [0.15, 0.2) is 0 Å². The van der Waals surface area contributed by atoms with E-state index in [-0.39, 0.29) is 0 Å². The fraction of sp³-hybridized carbons (Fsp3) is 0.200. The van der Waals surface area contributed by atoms with Crippen molar-refractivity contribution in [2.45, 2.75) is 6.92 Å². The molecule has 2 aromatic carbocycles. The molecule has 0 heterocycles. The van der Waals surface area contributed by atoms with E-state index in [9.17, 15) is 0 Å². The molecule has 0 unspecified atom stereocenters. The molecule has 17 heavy (non-hydrogen) atoms. The number of anilines is 2. The average molecular weight is 226 g/mol. The van der Waals surface area contributed by atoms with E-state index >= 15 is 0 Å². The smallest absolute Gasteiger partial charge is 0.0340 e. The van der Waals surface area contributed by atoms with Crippen LogP contribution in [0.25, 0.3) is 0 Å². The minimum Gasteiger partial charge on any atom is -0.383 e. The van der Waals surface area contributed by atoms with E-state index in [1.165, 1.54) is 16.9 Å². The predicted molar refractivity (Wildman–Crippen MR) is 74.6 cm³/mol. The summed E-state index contributed by atoms with van der Waals surface area (Å²) in [4.78, 5) is 0. The van der Waals surface area contributed by atoms with Gasteiger partial charge in [-0.05, 0) is 31.2 Å². The van der Waals surface area contributed by atoms with E-state index in [1.54, 1.807) is 0 Å². The van der Waals surface area contributed by atoms with Gasteiger partial charge in [0.1, 0.15) is 0 Å². The normalized spacial score (nSPS) is 9.94. The summed E-state index contributed by atoms with van der Waals surface area (Å²) in [5.41, 5.74) is 3.63. The molecular formula is C15H18N2. The summed E-state index contributed by atoms with van der Waals surface area (Å²) < 4.78 is 0. The third kappa shape index (κ3) is 3.83. The Morgan fingerprint density at radius 2 is 1.24 bits per heavy atom. The molecule has 0 spiro atoms. The first-order chi connectivity index (χ1) is 8.34. The van der Waals surface area contributed by atoms with Gasteiger partial charge in [0.05, 0.1) is 0 Å². The molecule has 0 bridgehead atoms. The maximum Gasteiger partial charge on any atom is 0.0340 e. The van der Waals surface area contributed by atoms with Crippen molar-refractivity contribution in [1.82, 2.24) is 0 Å². The summed E-state index contributed by atoms with van der Waals surface area (Å²) in [6.07, 6.45) is 0. The van der Waals surface area contributed by atoms with E-state index in [0.717, 1.165) is 13.1 Å². The van der Waals surface area contributed by atoms with Crippen molar-refractivity contribution in [1.29, 1.82) is 0 Å². The lowest BCUT2D eigenvalue weighted by Crippen LogP contribution is -2.13. The van der Waals surface area contributed by atoms with Gasteiger partial charge in [-0.1, -0.05) is 35.9 Å². The van der Waals surface area contributed by atoms with Crippen LogP contribution < -0.4 is 10.6 Å². The molecule has 0 saturated heterocycles. The largest absolute Gasteiger partial charge is 0.383 e. The molecule has 0 radical (unpaired) electrons. The number of nitrogens with one attached hydrogen (secondary N) is 2. The van der Waals surface area contributed by atoms with Crippen molar-refractivity contribution >= 4 is 11.4 Å². The highest BCUT2D eigenvalue weighted by atomic mass is 14.9. The van der Waals surface area contributed by atoms with Crippen LogP contribution in [0.3, 0.4) is 0 Å². The third-order valence-corrected chi connectivity index (χ3v) is 2.61. The maximum absolute atomic E-state index is 3.38. The Balaban J connectivity index is 1.71. The molecule has 2 rings (SSSR count). The molecule has 2 heteroatoms. The highest BCUT2D eigenvalue weighted by Crippen LogP contribution is 2.08. The number of para-hydroxylation sites is 1. The molecule has 0 aliphatic carbocycles. The first-order valence-corrected chi connectivity index (χ1v) is 5.94. The van der Waals surface area contributed by atoms with Crippen molar-refractivity contribution in [3.05, 3.63) is 60.2 Å². The molecule has 0 aliphatic rings. The Morgan fingerprint density at radius 1 is 0.706 bits per heavy atom. The summed E-state index contributed by atoms with van der Waals surface area (Å²) >= 11 is 0. The van der Waals surface area contributed by atoms with Crippen LogP contribution >= 0.6 is 0 Å². The zero-order valence-electron chi connectivity index (χ0n) is 10.1. The average Bonchev–Trinajstić information content (AvgIpc) is 2.38. The van der Waals surface area contributed by atoms with Crippen molar-refractivity contribution in [3.8, 4) is 0 Å². The predicted octanol–water partition coefficient (Wildman–Crippen LogP) is 3.52. The van der Waals surface area contributed by atoms with E-state index in [2.05, 4.69) is 54.0 Å². The molecule has 0 fully saturated rings. The summed E-state index contributed by atoms with van der Waals surface area (Å²) in [5, 5.41) is 6.74. The van der Waals surface area contributed by atoms with Crippen LogP contribution in [0.1, 0.15) is 5.56 Å². The lowest BCUT2D eigenvalue weighted by Gasteiger charge is -2.08. The highest BCUT2D eigenvalue weighted by molar-refractivity contribution is 5.45. The summed E-state index contributed by atoms with van der Waals surface area (Å²) in [6, 6.07) is 18.7. The minimum atomic E-state index is 0.915. The number of rotatable bonds is 5. The lowest BCUT2D eigenvalue weighted by atomic mass is 10.2. The number of hydrogen-bond donors (Lipinski definition) is 2. The van der Waals surface area contributed by atoms with Crippen LogP contribution in [0.5, 0.6) is 0 Å². The Kier molecular flexibility index (Phi) is 4.03. The molecular weight excluding hydrogens is 208 g/mol. The van der Waals surface area contributed by atoms with E-state index < -0.39 is 0 Å². The Hall–Kier alpha value is -1.96. The summed E-state index contributed by atoms with van der Waals surface area (Å²) in [6.45, 7) is 3.93. The molecule has 0 aromatic heterocycles. The molecule has 0 aliphatic heterocycles. The fourth-order valence-corrected chi connectivity index (χ4v) is 1.64. The van der Waals surface area contributed by atoms with Crippen LogP contribution in [0, 0.1) is 6.92 Å². The first-order valence-electron chi connectivity index (χ1n) is 5.94. The second-order valence-electron chi connectivity index (χ2n) is 4.09. The zero-order valence-corrected chi connectivity index (χ0v) is 10.1. The molecule has 0 amide bonds. The van der Waals surface area contributed by atoms with Crippen molar-refractivity contribution in [3.63, 3.8) is 0 Å². The van der Waals surface area contributed by atoms with Gasteiger partial charge >= 0.3 is 0 Å². The van der Waals surface area contributed by atoms with Crippen molar-refractivity contribution in [2.24, 2.45) is 0 Å². The second kappa shape index (κ2) is 5.94. The zero-order chi connectivity index (χ0) is 11.9. The Morgan fingerprint density at radius 3 is 1.82 bits per heavy atom. The minimum absolute atomic E-state index is 0.915. The topological polar surface area (TPSA) is 24.1 Å². The monoisotopic (exact) mass is 226 g/mol. The summed E-state index contributed by atoms with van der Waals surface area (Å²) in [7, 11) is 0. The van der Waals surface area contributed by atoms with Gasteiger partial charge < -0.3 is 10.6 Å². The maximum atomic E-state index is 3.38. The molecule has 0 saturated carbocycles. The third-order valence-electron chi connectivity index (χ3n) is 2.61. The van der Waals surface area contributed by atoms with E-state index in [1.807, 2.05) is 18.2 Å². The molecule has 2 N–H and O–H groups in total. The molecule has 0 atom stereocenters. The first kappa shape index (κ1) is 11.5. The highest BCUT2D eigenvalue weighted by Gasteiger charge is 1.91. The van der Waals surface area contributed by atoms with Gasteiger partial charge in [0, 0.05) is 24.5 Å². The van der Waals surface area contributed by atoms with Crippen molar-refractivity contribution < 1.29 is 0 Å². The van der Waals surface area contributed by atoms with Crippen LogP contribution in [0.15, 0.2) is 54.6 Å². The van der Waals surface area contributed by atoms with E-state index in [4.69, 9.17) is 0 Å². The standard InChI is InChI=1S/C15H18N2/c1-13-7-9-15(10-8-13)17-12-11-16-14-5-3-2-4-6-14/h2-10,16-17H,11-12H2,1H3. The number of aryl methyl sites for hydroxylation is 1. The van der Waals surface area contributed by atoms with Gasteiger partial charge in [-0.15, -0.1) is 0 Å². The fourth-order valence-electron chi connectivity index (χ4n) is 1.64. The van der Waals surface area contributed by atoms with Gasteiger partial charge in [0.25, 0.3) is 0 Å². The second-order valence-corrected chi connectivity index (χ2v) is 4.09. The van der Waals surface area contributed by atoms with Gasteiger partial charge in [-0.2, -0.15) is 0 Å².